The number of nitrogens with zero attached hydrogens (tertiary/aromatic N) is 5. The number of fused-ring (bicyclic) bond motifs is 2. The number of aromatic amines is 1. The third-order valence-corrected chi connectivity index (χ3v) is 6.80. The number of nitrogens with one attached hydrogen (secondary N) is 1. The van der Waals surface area contributed by atoms with Crippen LogP contribution in [0.25, 0.3) is 26.9 Å². The highest BCUT2D eigenvalue weighted by Crippen LogP contribution is 2.29. The van der Waals surface area contributed by atoms with Crippen molar-refractivity contribution in [3.05, 3.63) is 71.1 Å². The van der Waals surface area contributed by atoms with Gasteiger partial charge in [-0.1, -0.05) is 53.4 Å². The van der Waals surface area contributed by atoms with Crippen molar-refractivity contribution in [3.8, 4) is 5.69 Å². The molecule has 8 nitrogen and oxygen atoms in total. The van der Waals surface area contributed by atoms with Crippen molar-refractivity contribution in [3.63, 3.8) is 0 Å². The van der Waals surface area contributed by atoms with Gasteiger partial charge in [-0.05, 0) is 31.2 Å². The number of thiazole rings is 1. The van der Waals surface area contributed by atoms with Crippen molar-refractivity contribution in [1.82, 2.24) is 24.7 Å². The van der Waals surface area contributed by atoms with Crippen molar-refractivity contribution >= 4 is 55.4 Å². The number of anilines is 1. The number of thioether (sulfide) groups is 1. The molecule has 0 bridgehead atoms. The fourth-order valence-electron chi connectivity index (χ4n) is 3.33. The first-order valence-electron chi connectivity index (χ1n) is 9.96. The van der Waals surface area contributed by atoms with E-state index in [0.29, 0.717) is 27.9 Å². The summed E-state index contributed by atoms with van der Waals surface area (Å²) in [5.74, 6) is 0.0217. The lowest BCUT2D eigenvalue weighted by atomic mass is 10.3. The van der Waals surface area contributed by atoms with Gasteiger partial charge in [0.15, 0.2) is 15.9 Å². The summed E-state index contributed by atoms with van der Waals surface area (Å²) in [6, 6.07) is 17.3. The second-order valence-corrected chi connectivity index (χ2v) is 8.86. The maximum atomic E-state index is 12.9. The largest absolute Gasteiger partial charge is 0.301 e. The highest BCUT2D eigenvalue weighted by atomic mass is 32.2. The summed E-state index contributed by atoms with van der Waals surface area (Å²) in [4.78, 5) is 39.0. The molecular formula is C22H18N6O2S2. The summed E-state index contributed by atoms with van der Waals surface area (Å²) < 4.78 is 2.66. The number of benzene rings is 2. The van der Waals surface area contributed by atoms with Gasteiger partial charge in [-0.2, -0.15) is 5.10 Å². The van der Waals surface area contributed by atoms with Crippen molar-refractivity contribution in [2.24, 2.45) is 0 Å². The molecule has 10 heteroatoms. The van der Waals surface area contributed by atoms with E-state index in [0.717, 1.165) is 15.9 Å². The molecule has 5 aromatic rings. The number of para-hydroxylation sites is 2. The Morgan fingerprint density at radius 1 is 1.12 bits per heavy atom. The first-order chi connectivity index (χ1) is 15.6. The zero-order valence-electron chi connectivity index (χ0n) is 17.1. The number of aromatic nitrogens is 5. The highest BCUT2D eigenvalue weighted by Gasteiger charge is 2.19. The van der Waals surface area contributed by atoms with Gasteiger partial charge in [0.05, 0.1) is 27.9 Å². The molecule has 1 N–H and O–H groups in total. The molecule has 0 saturated carbocycles. The molecule has 5 rings (SSSR count). The van der Waals surface area contributed by atoms with Crippen LogP contribution in [-0.4, -0.2) is 42.9 Å². The maximum Gasteiger partial charge on any atom is 0.262 e. The molecule has 0 fully saturated rings. The zero-order valence-corrected chi connectivity index (χ0v) is 18.7. The van der Waals surface area contributed by atoms with Crippen molar-refractivity contribution < 1.29 is 4.79 Å². The lowest BCUT2D eigenvalue weighted by Gasteiger charge is -2.17. The smallest absolute Gasteiger partial charge is 0.262 e. The van der Waals surface area contributed by atoms with Gasteiger partial charge < -0.3 is 4.98 Å². The standard InChI is InChI=1S/C22H18N6O2S2/c1-2-27(22-24-16-10-6-7-11-17(16)32-22)18(29)13-31-21-25-19-15(20(30)26-21)12-23-28(19)14-8-4-3-5-9-14/h3-12H,2,13H2,1H3,(H,25,26,30). The van der Waals surface area contributed by atoms with Gasteiger partial charge in [-0.25, -0.2) is 14.6 Å². The lowest BCUT2D eigenvalue weighted by Crippen LogP contribution is -2.32. The highest BCUT2D eigenvalue weighted by molar-refractivity contribution is 7.99. The van der Waals surface area contributed by atoms with E-state index >= 15 is 0 Å². The Labute approximate surface area is 190 Å². The Balaban J connectivity index is 1.39. The molecule has 2 aromatic carbocycles. The lowest BCUT2D eigenvalue weighted by molar-refractivity contribution is -0.116. The molecule has 0 unspecified atom stereocenters. The minimum Gasteiger partial charge on any atom is -0.301 e. The van der Waals surface area contributed by atoms with E-state index in [1.54, 1.807) is 9.58 Å². The van der Waals surface area contributed by atoms with Crippen LogP contribution in [0.4, 0.5) is 5.13 Å². The van der Waals surface area contributed by atoms with Crippen LogP contribution in [0.3, 0.4) is 0 Å². The third-order valence-electron chi connectivity index (χ3n) is 4.88. The van der Waals surface area contributed by atoms with Crippen molar-refractivity contribution in [2.45, 2.75) is 12.1 Å². The number of rotatable bonds is 6. The van der Waals surface area contributed by atoms with Crippen LogP contribution in [0.1, 0.15) is 6.92 Å². The molecular weight excluding hydrogens is 444 g/mol. The summed E-state index contributed by atoms with van der Waals surface area (Å²) in [6.07, 6.45) is 1.50. The SMILES string of the molecule is CCN(C(=O)CSc1nc2c(cnn2-c2ccccc2)c(=O)[nH]1)c1nc2ccccc2s1. The number of hydrogen-bond acceptors (Lipinski definition) is 7. The Morgan fingerprint density at radius 3 is 2.69 bits per heavy atom. The van der Waals surface area contributed by atoms with E-state index in [9.17, 15) is 9.59 Å². The molecule has 0 spiro atoms. The molecule has 0 saturated heterocycles. The molecule has 0 atom stereocenters. The Kier molecular flexibility index (Phi) is 5.46. The predicted molar refractivity (Wildman–Crippen MR) is 128 cm³/mol. The summed E-state index contributed by atoms with van der Waals surface area (Å²) in [7, 11) is 0. The number of amides is 1. The van der Waals surface area contributed by atoms with Crippen LogP contribution in [0.15, 0.2) is 70.7 Å². The summed E-state index contributed by atoms with van der Waals surface area (Å²) in [6.45, 7) is 2.42. The van der Waals surface area contributed by atoms with Gasteiger partial charge in [0.2, 0.25) is 5.91 Å². The van der Waals surface area contributed by atoms with Gasteiger partial charge in [0, 0.05) is 6.54 Å². The minimum absolute atomic E-state index is 0.101. The molecule has 3 aromatic heterocycles. The monoisotopic (exact) mass is 462 g/mol. The van der Waals surface area contributed by atoms with E-state index in [-0.39, 0.29) is 17.2 Å². The van der Waals surface area contributed by atoms with E-state index in [4.69, 9.17) is 0 Å². The molecule has 3 heterocycles. The van der Waals surface area contributed by atoms with Gasteiger partial charge in [-0.3, -0.25) is 14.5 Å². The number of hydrogen-bond donors (Lipinski definition) is 1. The molecule has 160 valence electrons. The number of carbonyl (C=O) groups excluding carboxylic acids is 1. The van der Waals surface area contributed by atoms with Crippen LogP contribution < -0.4 is 10.5 Å². The van der Waals surface area contributed by atoms with E-state index in [1.807, 2.05) is 61.5 Å². The van der Waals surface area contributed by atoms with E-state index in [1.165, 1.54) is 29.3 Å². The zero-order chi connectivity index (χ0) is 22.1. The van der Waals surface area contributed by atoms with Crippen LogP contribution in [0.5, 0.6) is 0 Å². The van der Waals surface area contributed by atoms with Gasteiger partial charge in [0.1, 0.15) is 5.39 Å². The van der Waals surface area contributed by atoms with Gasteiger partial charge >= 0.3 is 0 Å². The minimum atomic E-state index is -0.286. The van der Waals surface area contributed by atoms with Gasteiger partial charge in [-0.15, -0.1) is 0 Å². The molecule has 0 aliphatic carbocycles. The second-order valence-electron chi connectivity index (χ2n) is 6.89. The predicted octanol–water partition coefficient (Wildman–Crippen LogP) is 3.86. The Hall–Kier alpha value is -3.50. The summed E-state index contributed by atoms with van der Waals surface area (Å²) in [5, 5.41) is 5.74. The van der Waals surface area contributed by atoms with E-state index in [2.05, 4.69) is 20.1 Å². The van der Waals surface area contributed by atoms with Crippen LogP contribution in [0, 0.1) is 0 Å². The fraction of sp³-hybridized carbons (Fsp3) is 0.136. The fourth-order valence-corrected chi connectivity index (χ4v) is 5.11. The second kappa shape index (κ2) is 8.56. The summed E-state index contributed by atoms with van der Waals surface area (Å²) in [5.41, 5.74) is 1.84. The third kappa shape index (κ3) is 3.78. The molecule has 32 heavy (non-hydrogen) atoms. The number of H-pyrrole nitrogens is 1. The van der Waals surface area contributed by atoms with Gasteiger partial charge in [0.25, 0.3) is 5.56 Å². The normalized spacial score (nSPS) is 11.3. The first kappa shape index (κ1) is 20.4. The average molecular weight is 463 g/mol. The van der Waals surface area contributed by atoms with Crippen LogP contribution >= 0.6 is 23.1 Å². The Morgan fingerprint density at radius 2 is 1.91 bits per heavy atom. The first-order valence-corrected chi connectivity index (χ1v) is 11.8. The van der Waals surface area contributed by atoms with Crippen LogP contribution in [-0.2, 0) is 4.79 Å². The molecule has 0 radical (unpaired) electrons. The Bertz CT molecular complexity index is 1440. The molecule has 0 aliphatic heterocycles. The van der Waals surface area contributed by atoms with E-state index < -0.39 is 0 Å². The average Bonchev–Trinajstić information content (AvgIpc) is 3.43. The molecule has 1 amide bonds. The van der Waals surface area contributed by atoms with Crippen molar-refractivity contribution in [1.29, 1.82) is 0 Å². The molecule has 0 aliphatic rings. The quantitative estimate of drug-likeness (QED) is 0.304. The maximum absolute atomic E-state index is 12.9. The number of carbonyl (C=O) groups is 1. The van der Waals surface area contributed by atoms with Crippen LogP contribution in [0.2, 0.25) is 0 Å². The summed E-state index contributed by atoms with van der Waals surface area (Å²) >= 11 is 2.67. The topological polar surface area (TPSA) is 96.8 Å². The van der Waals surface area contributed by atoms with Crippen molar-refractivity contribution in [2.75, 3.05) is 17.2 Å².